The molecule has 2 heterocycles. The fourth-order valence-electron chi connectivity index (χ4n) is 2.05. The van der Waals surface area contributed by atoms with Crippen molar-refractivity contribution in [3.8, 4) is 0 Å². The fraction of sp³-hybridized carbons (Fsp3) is 0.538. The van der Waals surface area contributed by atoms with Crippen LogP contribution in [0.4, 0.5) is 0 Å². The summed E-state index contributed by atoms with van der Waals surface area (Å²) in [5.41, 5.74) is 2.35. The summed E-state index contributed by atoms with van der Waals surface area (Å²) in [5.74, 6) is 0. The molecule has 0 radical (unpaired) electrons. The monoisotopic (exact) mass is 247 g/mol. The summed E-state index contributed by atoms with van der Waals surface area (Å²) in [7, 11) is 1.97. The summed E-state index contributed by atoms with van der Waals surface area (Å²) in [6, 6.07) is 2.22. The lowest BCUT2D eigenvalue weighted by Gasteiger charge is -2.17. The Morgan fingerprint density at radius 1 is 1.33 bits per heavy atom. The van der Waals surface area contributed by atoms with Crippen LogP contribution in [0, 0.1) is 0 Å². The van der Waals surface area contributed by atoms with Gasteiger partial charge in [-0.15, -0.1) is 0 Å². The molecule has 98 valence electrons. The second kappa shape index (κ2) is 5.82. The molecule has 0 aliphatic heterocycles. The van der Waals surface area contributed by atoms with Crippen LogP contribution in [0.15, 0.2) is 24.7 Å². The lowest BCUT2D eigenvalue weighted by molar-refractivity contribution is 0.552. The van der Waals surface area contributed by atoms with Crippen LogP contribution < -0.4 is 5.32 Å². The molecule has 2 aromatic heterocycles. The summed E-state index contributed by atoms with van der Waals surface area (Å²) in [6.07, 6.45) is 6.97. The van der Waals surface area contributed by atoms with E-state index in [1.807, 2.05) is 28.8 Å². The Hall–Kier alpha value is -1.62. The molecular formula is C13H21N5. The maximum Gasteiger partial charge on any atom is 0.0778 e. The molecule has 0 aromatic carbocycles. The first-order valence-electron chi connectivity index (χ1n) is 6.49. The minimum Gasteiger partial charge on any atom is -0.305 e. The van der Waals surface area contributed by atoms with Gasteiger partial charge in [0.25, 0.3) is 0 Å². The van der Waals surface area contributed by atoms with E-state index in [1.54, 1.807) is 0 Å². The van der Waals surface area contributed by atoms with Gasteiger partial charge in [0.1, 0.15) is 0 Å². The van der Waals surface area contributed by atoms with Crippen molar-refractivity contribution in [2.24, 2.45) is 7.05 Å². The van der Waals surface area contributed by atoms with Gasteiger partial charge in [0.2, 0.25) is 0 Å². The van der Waals surface area contributed by atoms with E-state index in [9.17, 15) is 0 Å². The minimum atomic E-state index is 0.165. The molecule has 1 unspecified atom stereocenters. The van der Waals surface area contributed by atoms with Crippen molar-refractivity contribution in [1.82, 2.24) is 24.9 Å². The highest BCUT2D eigenvalue weighted by molar-refractivity contribution is 5.23. The SMILES string of the molecule is CCCNC(c1cnn(CC)c1)c1ccnn1C. The molecule has 2 aromatic rings. The van der Waals surface area contributed by atoms with Gasteiger partial charge in [0.05, 0.1) is 17.9 Å². The minimum absolute atomic E-state index is 0.165. The average Bonchev–Trinajstić information content (AvgIpc) is 3.00. The van der Waals surface area contributed by atoms with Crippen molar-refractivity contribution in [3.63, 3.8) is 0 Å². The summed E-state index contributed by atoms with van der Waals surface area (Å²) in [4.78, 5) is 0. The van der Waals surface area contributed by atoms with E-state index in [4.69, 9.17) is 0 Å². The molecule has 0 aliphatic rings. The molecule has 0 spiro atoms. The van der Waals surface area contributed by atoms with Crippen molar-refractivity contribution in [2.45, 2.75) is 32.9 Å². The zero-order chi connectivity index (χ0) is 13.0. The highest BCUT2D eigenvalue weighted by Gasteiger charge is 2.17. The second-order valence-corrected chi connectivity index (χ2v) is 4.40. The Kier molecular flexibility index (Phi) is 4.15. The fourth-order valence-corrected chi connectivity index (χ4v) is 2.05. The van der Waals surface area contributed by atoms with Gasteiger partial charge in [0.15, 0.2) is 0 Å². The molecule has 2 rings (SSSR count). The van der Waals surface area contributed by atoms with Crippen LogP contribution in [0.3, 0.4) is 0 Å². The molecule has 0 amide bonds. The van der Waals surface area contributed by atoms with E-state index in [0.29, 0.717) is 0 Å². The van der Waals surface area contributed by atoms with Gasteiger partial charge in [0, 0.05) is 31.5 Å². The Balaban J connectivity index is 2.27. The number of rotatable bonds is 6. The first kappa shape index (κ1) is 12.8. The Morgan fingerprint density at radius 2 is 2.17 bits per heavy atom. The zero-order valence-corrected chi connectivity index (χ0v) is 11.3. The number of aromatic nitrogens is 4. The predicted molar refractivity (Wildman–Crippen MR) is 71.2 cm³/mol. The Bertz CT molecular complexity index is 485. The maximum atomic E-state index is 4.35. The Morgan fingerprint density at radius 3 is 2.72 bits per heavy atom. The maximum absolute atomic E-state index is 4.35. The molecule has 0 saturated carbocycles. The van der Waals surface area contributed by atoms with Crippen LogP contribution in [0.25, 0.3) is 0 Å². The van der Waals surface area contributed by atoms with Crippen LogP contribution >= 0.6 is 0 Å². The number of aryl methyl sites for hydroxylation is 2. The van der Waals surface area contributed by atoms with Crippen molar-refractivity contribution in [3.05, 3.63) is 35.9 Å². The molecule has 18 heavy (non-hydrogen) atoms. The van der Waals surface area contributed by atoms with E-state index >= 15 is 0 Å². The molecule has 0 saturated heterocycles. The van der Waals surface area contributed by atoms with E-state index in [2.05, 4.69) is 41.6 Å². The first-order chi connectivity index (χ1) is 8.76. The summed E-state index contributed by atoms with van der Waals surface area (Å²) in [6.45, 7) is 6.14. The third-order valence-electron chi connectivity index (χ3n) is 3.06. The van der Waals surface area contributed by atoms with Gasteiger partial charge in [-0.05, 0) is 26.0 Å². The van der Waals surface area contributed by atoms with Gasteiger partial charge in [-0.2, -0.15) is 10.2 Å². The van der Waals surface area contributed by atoms with E-state index in [0.717, 1.165) is 19.5 Å². The van der Waals surface area contributed by atoms with Gasteiger partial charge in [-0.3, -0.25) is 9.36 Å². The molecule has 5 nitrogen and oxygen atoms in total. The summed E-state index contributed by atoms with van der Waals surface area (Å²) < 4.78 is 3.86. The Labute approximate surface area is 108 Å². The van der Waals surface area contributed by atoms with Crippen LogP contribution in [-0.2, 0) is 13.6 Å². The normalized spacial score (nSPS) is 12.8. The van der Waals surface area contributed by atoms with E-state index in [-0.39, 0.29) is 6.04 Å². The standard InChI is InChI=1S/C13H21N5/c1-4-7-14-13(12-6-8-15-17(12)3)11-9-16-18(5-2)10-11/h6,8-10,13-14H,4-5,7H2,1-3H3. The number of hydrogen-bond donors (Lipinski definition) is 1. The van der Waals surface area contributed by atoms with Crippen LogP contribution in [-0.4, -0.2) is 26.1 Å². The number of hydrogen-bond acceptors (Lipinski definition) is 3. The quantitative estimate of drug-likeness (QED) is 0.845. The molecule has 1 N–H and O–H groups in total. The highest BCUT2D eigenvalue weighted by Crippen LogP contribution is 2.20. The van der Waals surface area contributed by atoms with Gasteiger partial charge in [-0.25, -0.2) is 0 Å². The predicted octanol–water partition coefficient (Wildman–Crippen LogP) is 1.73. The van der Waals surface area contributed by atoms with Crippen molar-refractivity contribution >= 4 is 0 Å². The number of nitrogens with one attached hydrogen (secondary N) is 1. The smallest absolute Gasteiger partial charge is 0.0778 e. The van der Waals surface area contributed by atoms with Crippen LogP contribution in [0.1, 0.15) is 37.6 Å². The van der Waals surface area contributed by atoms with Gasteiger partial charge >= 0.3 is 0 Å². The third-order valence-corrected chi connectivity index (χ3v) is 3.06. The molecule has 1 atom stereocenters. The average molecular weight is 247 g/mol. The second-order valence-electron chi connectivity index (χ2n) is 4.40. The lowest BCUT2D eigenvalue weighted by Crippen LogP contribution is -2.25. The molecule has 0 aliphatic carbocycles. The molecule has 0 fully saturated rings. The zero-order valence-electron chi connectivity index (χ0n) is 11.3. The van der Waals surface area contributed by atoms with Gasteiger partial charge < -0.3 is 5.32 Å². The van der Waals surface area contributed by atoms with E-state index in [1.165, 1.54) is 11.3 Å². The van der Waals surface area contributed by atoms with E-state index < -0.39 is 0 Å². The van der Waals surface area contributed by atoms with Crippen molar-refractivity contribution < 1.29 is 0 Å². The number of nitrogens with zero attached hydrogens (tertiary/aromatic N) is 4. The van der Waals surface area contributed by atoms with Crippen LogP contribution in [0.5, 0.6) is 0 Å². The first-order valence-corrected chi connectivity index (χ1v) is 6.49. The van der Waals surface area contributed by atoms with Gasteiger partial charge in [-0.1, -0.05) is 6.92 Å². The molecule has 5 heteroatoms. The van der Waals surface area contributed by atoms with Crippen molar-refractivity contribution in [1.29, 1.82) is 0 Å². The van der Waals surface area contributed by atoms with Crippen LogP contribution in [0.2, 0.25) is 0 Å². The van der Waals surface area contributed by atoms with Crippen molar-refractivity contribution in [2.75, 3.05) is 6.54 Å². The largest absolute Gasteiger partial charge is 0.305 e. The summed E-state index contributed by atoms with van der Waals surface area (Å²) >= 11 is 0. The molecular weight excluding hydrogens is 226 g/mol. The highest BCUT2D eigenvalue weighted by atomic mass is 15.3. The summed E-state index contributed by atoms with van der Waals surface area (Å²) in [5, 5.41) is 12.1. The topological polar surface area (TPSA) is 47.7 Å². The molecule has 0 bridgehead atoms. The third kappa shape index (κ3) is 2.61. The lowest BCUT2D eigenvalue weighted by atomic mass is 10.1.